The van der Waals surface area contributed by atoms with Crippen molar-refractivity contribution in [3.63, 3.8) is 0 Å². The first-order chi connectivity index (χ1) is 11.8. The zero-order chi connectivity index (χ0) is 17.5. The van der Waals surface area contributed by atoms with E-state index in [9.17, 15) is 0 Å². The molecule has 1 rings (SSSR count). The number of hydrogen-bond donors (Lipinski definition) is 0. The maximum atomic E-state index is 2.61. The van der Waals surface area contributed by atoms with Gasteiger partial charge in [-0.1, -0.05) is 91.4 Å². The summed E-state index contributed by atoms with van der Waals surface area (Å²) < 4.78 is 0. The summed E-state index contributed by atoms with van der Waals surface area (Å²) in [5.41, 5.74) is 0. The van der Waals surface area contributed by atoms with Crippen molar-refractivity contribution in [2.45, 2.75) is 117 Å². The molecule has 1 atom stereocenters. The van der Waals surface area contributed by atoms with Gasteiger partial charge in [0.2, 0.25) is 0 Å². The van der Waals surface area contributed by atoms with E-state index in [0.717, 1.165) is 0 Å². The maximum Gasteiger partial charge on any atom is 0.101 e. The smallest absolute Gasteiger partial charge is 0.101 e. The van der Waals surface area contributed by atoms with E-state index in [0.29, 0.717) is 6.17 Å². The Morgan fingerprint density at radius 3 is 1.38 bits per heavy atom. The fraction of sp³-hybridized carbons (Fsp3) is 0.909. The lowest BCUT2D eigenvalue weighted by Gasteiger charge is -2.33. The summed E-state index contributed by atoms with van der Waals surface area (Å²) >= 11 is 0. The van der Waals surface area contributed by atoms with Crippen molar-refractivity contribution in [1.29, 1.82) is 0 Å². The van der Waals surface area contributed by atoms with Gasteiger partial charge in [0, 0.05) is 25.5 Å². The molecule has 1 aliphatic heterocycles. The quantitative estimate of drug-likeness (QED) is 0.282. The van der Waals surface area contributed by atoms with Crippen molar-refractivity contribution in [2.24, 2.45) is 0 Å². The molecular weight excluding hydrogens is 292 g/mol. The predicted octanol–water partition coefficient (Wildman–Crippen LogP) is 6.92. The van der Waals surface area contributed by atoms with Gasteiger partial charge >= 0.3 is 0 Å². The Balaban J connectivity index is 2.18. The van der Waals surface area contributed by atoms with Crippen LogP contribution in [0.5, 0.6) is 0 Å². The molecule has 1 unspecified atom stereocenters. The second-order valence-electron chi connectivity index (χ2n) is 7.58. The largest absolute Gasteiger partial charge is 0.356 e. The first-order valence-corrected chi connectivity index (χ1v) is 11.0. The van der Waals surface area contributed by atoms with E-state index in [1.54, 1.807) is 0 Å². The zero-order valence-electron chi connectivity index (χ0n) is 16.9. The summed E-state index contributed by atoms with van der Waals surface area (Å²) in [4.78, 5) is 5.22. The SMILES string of the molecule is CCCCCCCCCN1C=CN(CCCCCCC)C1CCC. The first kappa shape index (κ1) is 21.4. The van der Waals surface area contributed by atoms with Crippen molar-refractivity contribution in [3.8, 4) is 0 Å². The topological polar surface area (TPSA) is 6.48 Å². The fourth-order valence-corrected chi connectivity index (χ4v) is 3.75. The van der Waals surface area contributed by atoms with Gasteiger partial charge < -0.3 is 9.80 Å². The summed E-state index contributed by atoms with van der Waals surface area (Å²) in [6.07, 6.45) is 24.7. The van der Waals surface area contributed by atoms with Crippen molar-refractivity contribution in [1.82, 2.24) is 9.80 Å². The summed E-state index contributed by atoms with van der Waals surface area (Å²) in [5, 5.41) is 0. The summed E-state index contributed by atoms with van der Waals surface area (Å²) in [7, 11) is 0. The van der Waals surface area contributed by atoms with Crippen LogP contribution in [-0.4, -0.2) is 29.1 Å². The van der Waals surface area contributed by atoms with Crippen molar-refractivity contribution in [2.75, 3.05) is 13.1 Å². The number of rotatable bonds is 16. The normalized spacial score (nSPS) is 17.2. The second-order valence-corrected chi connectivity index (χ2v) is 7.58. The molecule has 0 amide bonds. The Morgan fingerprint density at radius 2 is 0.958 bits per heavy atom. The number of nitrogens with zero attached hydrogens (tertiary/aromatic N) is 2. The molecule has 0 bridgehead atoms. The van der Waals surface area contributed by atoms with Gasteiger partial charge in [-0.15, -0.1) is 0 Å². The van der Waals surface area contributed by atoms with Crippen LogP contribution in [0.1, 0.15) is 111 Å². The molecule has 1 heterocycles. The highest BCUT2D eigenvalue weighted by atomic mass is 15.4. The number of hydrogen-bond acceptors (Lipinski definition) is 2. The Hall–Kier alpha value is -0.660. The van der Waals surface area contributed by atoms with E-state index in [1.165, 1.54) is 103 Å². The van der Waals surface area contributed by atoms with E-state index in [2.05, 4.69) is 43.0 Å². The first-order valence-electron chi connectivity index (χ1n) is 11.0. The van der Waals surface area contributed by atoms with Crippen LogP contribution in [0.3, 0.4) is 0 Å². The highest BCUT2D eigenvalue weighted by Crippen LogP contribution is 2.22. The molecule has 0 radical (unpaired) electrons. The molecule has 0 aromatic rings. The predicted molar refractivity (Wildman–Crippen MR) is 108 cm³/mol. The van der Waals surface area contributed by atoms with Crippen LogP contribution in [-0.2, 0) is 0 Å². The van der Waals surface area contributed by atoms with Crippen LogP contribution in [0.25, 0.3) is 0 Å². The number of unbranched alkanes of at least 4 members (excludes halogenated alkanes) is 10. The molecule has 0 spiro atoms. The molecule has 0 aromatic carbocycles. The van der Waals surface area contributed by atoms with Crippen LogP contribution >= 0.6 is 0 Å². The summed E-state index contributed by atoms with van der Waals surface area (Å²) in [5.74, 6) is 0. The Kier molecular flexibility index (Phi) is 13.1. The third kappa shape index (κ3) is 8.99. The van der Waals surface area contributed by atoms with Gasteiger partial charge in [-0.2, -0.15) is 0 Å². The van der Waals surface area contributed by atoms with Crippen LogP contribution in [0, 0.1) is 0 Å². The maximum absolute atomic E-state index is 2.61. The van der Waals surface area contributed by atoms with E-state index >= 15 is 0 Å². The van der Waals surface area contributed by atoms with Gasteiger partial charge in [0.1, 0.15) is 6.17 Å². The van der Waals surface area contributed by atoms with E-state index in [-0.39, 0.29) is 0 Å². The van der Waals surface area contributed by atoms with Crippen LogP contribution in [0.4, 0.5) is 0 Å². The Morgan fingerprint density at radius 1 is 0.542 bits per heavy atom. The molecule has 0 N–H and O–H groups in total. The summed E-state index contributed by atoms with van der Waals surface area (Å²) in [6, 6.07) is 0. The fourth-order valence-electron chi connectivity index (χ4n) is 3.75. The van der Waals surface area contributed by atoms with E-state index in [1.807, 2.05) is 0 Å². The molecule has 1 aliphatic rings. The second kappa shape index (κ2) is 14.7. The molecular formula is C22H44N2. The third-order valence-corrected chi connectivity index (χ3v) is 5.30. The van der Waals surface area contributed by atoms with Crippen molar-refractivity contribution >= 4 is 0 Å². The molecule has 24 heavy (non-hydrogen) atoms. The Bertz CT molecular complexity index is 300. The minimum atomic E-state index is 0.640. The van der Waals surface area contributed by atoms with Crippen LogP contribution in [0.15, 0.2) is 12.4 Å². The average molecular weight is 337 g/mol. The lowest BCUT2D eigenvalue weighted by molar-refractivity contribution is 0.138. The molecule has 2 nitrogen and oxygen atoms in total. The molecule has 0 aliphatic carbocycles. The van der Waals surface area contributed by atoms with Crippen molar-refractivity contribution < 1.29 is 0 Å². The lowest BCUT2D eigenvalue weighted by atomic mass is 10.1. The monoisotopic (exact) mass is 336 g/mol. The van der Waals surface area contributed by atoms with Crippen molar-refractivity contribution in [3.05, 3.63) is 12.4 Å². The van der Waals surface area contributed by atoms with Crippen LogP contribution < -0.4 is 0 Å². The van der Waals surface area contributed by atoms with E-state index < -0.39 is 0 Å². The van der Waals surface area contributed by atoms with Gasteiger partial charge in [0.15, 0.2) is 0 Å². The molecule has 0 saturated carbocycles. The average Bonchev–Trinajstić information content (AvgIpc) is 2.96. The highest BCUT2D eigenvalue weighted by molar-refractivity contribution is 4.96. The minimum Gasteiger partial charge on any atom is -0.356 e. The van der Waals surface area contributed by atoms with Gasteiger partial charge in [-0.25, -0.2) is 0 Å². The summed E-state index contributed by atoms with van der Waals surface area (Å²) in [6.45, 7) is 9.41. The van der Waals surface area contributed by atoms with Gasteiger partial charge in [-0.05, 0) is 19.3 Å². The highest BCUT2D eigenvalue weighted by Gasteiger charge is 2.24. The molecule has 2 heteroatoms. The molecule has 0 fully saturated rings. The molecule has 0 aromatic heterocycles. The third-order valence-electron chi connectivity index (χ3n) is 5.30. The van der Waals surface area contributed by atoms with E-state index in [4.69, 9.17) is 0 Å². The lowest BCUT2D eigenvalue weighted by Crippen LogP contribution is -2.39. The van der Waals surface area contributed by atoms with Gasteiger partial charge in [0.05, 0.1) is 0 Å². The van der Waals surface area contributed by atoms with Gasteiger partial charge in [0.25, 0.3) is 0 Å². The van der Waals surface area contributed by atoms with Crippen LogP contribution in [0.2, 0.25) is 0 Å². The Labute approximate surface area is 152 Å². The molecule has 142 valence electrons. The van der Waals surface area contributed by atoms with Gasteiger partial charge in [-0.3, -0.25) is 0 Å². The molecule has 0 saturated heterocycles. The minimum absolute atomic E-state index is 0.640. The standard InChI is InChI=1S/C22H44N2/c1-4-7-9-11-12-14-16-19-24-21-20-23(22(24)17-6-3)18-15-13-10-8-5-2/h20-22H,4-19H2,1-3H3. The zero-order valence-corrected chi connectivity index (χ0v) is 16.9.